The van der Waals surface area contributed by atoms with Gasteiger partial charge in [-0.05, 0) is 25.5 Å². The summed E-state index contributed by atoms with van der Waals surface area (Å²) in [4.78, 5) is 23.7. The molecule has 1 aliphatic rings. The Morgan fingerprint density at radius 1 is 1.35 bits per heavy atom. The topological polar surface area (TPSA) is 58.2 Å². The molecule has 1 aliphatic heterocycles. The number of anilines is 1. The lowest BCUT2D eigenvalue weighted by atomic mass is 10.0. The molecule has 0 saturated carbocycles. The molecule has 2 N–H and O–H groups in total. The van der Waals surface area contributed by atoms with E-state index < -0.39 is 6.04 Å². The van der Waals surface area contributed by atoms with Crippen LogP contribution in [0.1, 0.15) is 28.4 Å². The third-order valence-electron chi connectivity index (χ3n) is 2.79. The van der Waals surface area contributed by atoms with Crippen molar-refractivity contribution in [1.29, 1.82) is 0 Å². The number of hydrogen-bond acceptors (Lipinski definition) is 2. The first-order chi connectivity index (χ1) is 8.04. The van der Waals surface area contributed by atoms with Crippen LogP contribution in [0.4, 0.5) is 5.69 Å². The molecular weight excluding hydrogens is 216 g/mol. The second-order valence-electron chi connectivity index (χ2n) is 4.01. The van der Waals surface area contributed by atoms with Crippen molar-refractivity contribution in [2.45, 2.75) is 19.9 Å². The van der Waals surface area contributed by atoms with Gasteiger partial charge in [0.15, 0.2) is 0 Å². The SMILES string of the molecule is C#Cc1ccc(C)c2c1NC(=O)C(C)NC2=O. The van der Waals surface area contributed by atoms with Gasteiger partial charge in [-0.2, -0.15) is 0 Å². The average molecular weight is 228 g/mol. The van der Waals surface area contributed by atoms with E-state index in [-0.39, 0.29) is 11.8 Å². The number of nitrogens with one attached hydrogen (secondary N) is 2. The third-order valence-corrected chi connectivity index (χ3v) is 2.79. The monoisotopic (exact) mass is 228 g/mol. The zero-order valence-electron chi connectivity index (χ0n) is 9.63. The lowest BCUT2D eigenvalue weighted by Crippen LogP contribution is -2.38. The molecule has 4 heteroatoms. The highest BCUT2D eigenvalue weighted by Gasteiger charge is 2.27. The highest BCUT2D eigenvalue weighted by molar-refractivity contribution is 6.11. The van der Waals surface area contributed by atoms with Crippen molar-refractivity contribution < 1.29 is 9.59 Å². The maximum Gasteiger partial charge on any atom is 0.254 e. The second kappa shape index (κ2) is 3.95. The molecule has 2 amide bonds. The molecule has 0 aliphatic carbocycles. The van der Waals surface area contributed by atoms with Gasteiger partial charge in [-0.25, -0.2) is 0 Å². The van der Waals surface area contributed by atoms with Gasteiger partial charge in [0.05, 0.1) is 11.3 Å². The van der Waals surface area contributed by atoms with Gasteiger partial charge in [0.2, 0.25) is 5.91 Å². The number of benzene rings is 1. The lowest BCUT2D eigenvalue weighted by molar-refractivity contribution is -0.117. The number of carbonyl (C=O) groups is 2. The van der Waals surface area contributed by atoms with Gasteiger partial charge in [0.25, 0.3) is 5.91 Å². The first-order valence-corrected chi connectivity index (χ1v) is 5.26. The smallest absolute Gasteiger partial charge is 0.254 e. The first kappa shape index (κ1) is 11.2. The Morgan fingerprint density at radius 3 is 2.71 bits per heavy atom. The van der Waals surface area contributed by atoms with Crippen LogP contribution in [0.5, 0.6) is 0 Å². The number of carbonyl (C=O) groups excluding carboxylic acids is 2. The number of aryl methyl sites for hydroxylation is 1. The van der Waals surface area contributed by atoms with Crippen molar-refractivity contribution >= 4 is 17.5 Å². The Labute approximate surface area is 99.4 Å². The van der Waals surface area contributed by atoms with Gasteiger partial charge in [-0.3, -0.25) is 9.59 Å². The van der Waals surface area contributed by atoms with Crippen molar-refractivity contribution in [3.8, 4) is 12.3 Å². The largest absolute Gasteiger partial charge is 0.340 e. The molecule has 0 spiro atoms. The summed E-state index contributed by atoms with van der Waals surface area (Å²) in [5.41, 5.74) is 2.17. The standard InChI is InChI=1S/C13H12N2O2/c1-4-9-6-5-7(2)10-11(9)15-12(16)8(3)14-13(10)17/h1,5-6,8H,2-3H3,(H,14,17)(H,15,16). The van der Waals surface area contributed by atoms with Gasteiger partial charge in [-0.1, -0.05) is 12.0 Å². The van der Waals surface area contributed by atoms with Crippen LogP contribution in [-0.4, -0.2) is 17.9 Å². The molecular formula is C13H12N2O2. The summed E-state index contributed by atoms with van der Waals surface area (Å²) < 4.78 is 0. The van der Waals surface area contributed by atoms with Crippen LogP contribution < -0.4 is 10.6 Å². The number of fused-ring (bicyclic) bond motifs is 1. The van der Waals surface area contributed by atoms with Crippen molar-refractivity contribution in [2.24, 2.45) is 0 Å². The third kappa shape index (κ3) is 1.76. The molecule has 0 bridgehead atoms. The second-order valence-corrected chi connectivity index (χ2v) is 4.01. The number of rotatable bonds is 0. The lowest BCUT2D eigenvalue weighted by Gasteiger charge is -2.10. The van der Waals surface area contributed by atoms with E-state index in [1.165, 1.54) is 0 Å². The van der Waals surface area contributed by atoms with E-state index in [9.17, 15) is 9.59 Å². The van der Waals surface area contributed by atoms with Gasteiger partial charge >= 0.3 is 0 Å². The summed E-state index contributed by atoms with van der Waals surface area (Å²) in [5.74, 6) is 1.93. The van der Waals surface area contributed by atoms with Crippen LogP contribution >= 0.6 is 0 Å². The molecule has 2 rings (SSSR count). The van der Waals surface area contributed by atoms with Crippen LogP contribution in [0.15, 0.2) is 12.1 Å². The summed E-state index contributed by atoms with van der Waals surface area (Å²) in [6, 6.07) is 2.92. The zero-order valence-corrected chi connectivity index (χ0v) is 9.63. The van der Waals surface area contributed by atoms with Crippen LogP contribution in [0.2, 0.25) is 0 Å². The Hall–Kier alpha value is -2.28. The first-order valence-electron chi connectivity index (χ1n) is 5.26. The highest BCUT2D eigenvalue weighted by atomic mass is 16.2. The van der Waals surface area contributed by atoms with Crippen molar-refractivity contribution in [2.75, 3.05) is 5.32 Å². The number of amides is 2. The maximum atomic E-state index is 12.0. The van der Waals surface area contributed by atoms with Crippen LogP contribution in [-0.2, 0) is 4.79 Å². The van der Waals surface area contributed by atoms with Crippen molar-refractivity contribution in [1.82, 2.24) is 5.32 Å². The fraction of sp³-hybridized carbons (Fsp3) is 0.231. The maximum absolute atomic E-state index is 12.0. The summed E-state index contributed by atoms with van der Waals surface area (Å²) in [7, 11) is 0. The van der Waals surface area contributed by atoms with Crippen molar-refractivity contribution in [3.63, 3.8) is 0 Å². The molecule has 0 saturated heterocycles. The van der Waals surface area contributed by atoms with Gasteiger partial charge in [0.1, 0.15) is 6.04 Å². The van der Waals surface area contributed by atoms with E-state index in [0.717, 1.165) is 5.56 Å². The van der Waals surface area contributed by atoms with E-state index in [1.54, 1.807) is 26.0 Å². The molecule has 4 nitrogen and oxygen atoms in total. The summed E-state index contributed by atoms with van der Waals surface area (Å²) >= 11 is 0. The molecule has 0 radical (unpaired) electrons. The van der Waals surface area contributed by atoms with Gasteiger partial charge in [0, 0.05) is 5.56 Å². The van der Waals surface area contributed by atoms with E-state index >= 15 is 0 Å². The summed E-state index contributed by atoms with van der Waals surface area (Å²) in [6.45, 7) is 3.44. The minimum absolute atomic E-state index is 0.265. The highest BCUT2D eigenvalue weighted by Crippen LogP contribution is 2.26. The fourth-order valence-electron chi connectivity index (χ4n) is 1.82. The molecule has 1 aromatic carbocycles. The Balaban J connectivity index is 2.69. The quantitative estimate of drug-likeness (QED) is 0.652. The van der Waals surface area contributed by atoms with E-state index in [2.05, 4.69) is 16.6 Å². The van der Waals surface area contributed by atoms with Crippen LogP contribution in [0, 0.1) is 19.3 Å². The Bertz CT molecular complexity index is 555. The number of hydrogen-bond donors (Lipinski definition) is 2. The zero-order chi connectivity index (χ0) is 12.6. The normalized spacial score (nSPS) is 18.5. The Morgan fingerprint density at radius 2 is 2.06 bits per heavy atom. The summed E-state index contributed by atoms with van der Waals surface area (Å²) in [5, 5.41) is 5.32. The average Bonchev–Trinajstić information content (AvgIpc) is 2.38. The van der Waals surface area contributed by atoms with Gasteiger partial charge < -0.3 is 10.6 Å². The molecule has 0 fully saturated rings. The van der Waals surface area contributed by atoms with E-state index in [4.69, 9.17) is 6.42 Å². The molecule has 17 heavy (non-hydrogen) atoms. The molecule has 1 heterocycles. The molecule has 1 unspecified atom stereocenters. The molecule has 0 aromatic heterocycles. The van der Waals surface area contributed by atoms with Crippen LogP contribution in [0.25, 0.3) is 0 Å². The minimum Gasteiger partial charge on any atom is -0.340 e. The van der Waals surface area contributed by atoms with E-state index in [0.29, 0.717) is 16.8 Å². The van der Waals surface area contributed by atoms with E-state index in [1.807, 2.05) is 0 Å². The number of terminal acetylenes is 1. The fourth-order valence-corrected chi connectivity index (χ4v) is 1.82. The predicted octanol–water partition coefficient (Wildman–Crippen LogP) is 1.05. The Kier molecular flexibility index (Phi) is 2.60. The minimum atomic E-state index is -0.570. The van der Waals surface area contributed by atoms with Crippen LogP contribution in [0.3, 0.4) is 0 Å². The molecule has 1 aromatic rings. The molecule has 1 atom stereocenters. The molecule has 86 valence electrons. The predicted molar refractivity (Wildman–Crippen MR) is 64.7 cm³/mol. The van der Waals surface area contributed by atoms with Gasteiger partial charge in [-0.15, -0.1) is 6.42 Å². The van der Waals surface area contributed by atoms with Crippen molar-refractivity contribution in [3.05, 3.63) is 28.8 Å². The summed E-state index contributed by atoms with van der Waals surface area (Å²) in [6.07, 6.45) is 5.37.